The van der Waals surface area contributed by atoms with E-state index in [4.69, 9.17) is 11.6 Å². The first-order chi connectivity index (χ1) is 13.0. The number of rotatable bonds is 3. The molecule has 2 heterocycles. The van der Waals surface area contributed by atoms with Gasteiger partial charge >= 0.3 is 0 Å². The highest BCUT2D eigenvalue weighted by atomic mass is 35.5. The molecule has 2 aromatic carbocycles. The smallest absolute Gasteiger partial charge is 0.261 e. The molecular formula is C22H20ClN3O. The van der Waals surface area contributed by atoms with Crippen LogP contribution in [0, 0.1) is 20.8 Å². The zero-order chi connectivity index (χ0) is 19.1. The third-order valence-corrected chi connectivity index (χ3v) is 5.10. The average molecular weight is 378 g/mol. The Labute approximate surface area is 163 Å². The van der Waals surface area contributed by atoms with E-state index < -0.39 is 0 Å². The molecule has 1 aliphatic rings. The highest BCUT2D eigenvalue weighted by Gasteiger charge is 2.38. The molecule has 0 aliphatic carbocycles. The molecule has 1 aliphatic heterocycles. The molecule has 1 N–H and O–H groups in total. The van der Waals surface area contributed by atoms with Crippen LogP contribution in [0.1, 0.15) is 38.8 Å². The fraction of sp³-hybridized carbons (Fsp3) is 0.182. The second kappa shape index (κ2) is 6.71. The van der Waals surface area contributed by atoms with E-state index in [1.165, 1.54) is 5.56 Å². The molecule has 1 amide bonds. The summed E-state index contributed by atoms with van der Waals surface area (Å²) in [6, 6.07) is 15.5. The molecule has 0 saturated heterocycles. The molecule has 5 heteroatoms. The minimum Gasteiger partial charge on any atom is -0.361 e. The zero-order valence-electron chi connectivity index (χ0n) is 15.5. The lowest BCUT2D eigenvalue weighted by atomic mass is 10.0. The third-order valence-electron chi connectivity index (χ3n) is 4.88. The second-order valence-corrected chi connectivity index (χ2v) is 7.35. The Morgan fingerprint density at radius 1 is 1.04 bits per heavy atom. The highest BCUT2D eigenvalue weighted by molar-refractivity contribution is 6.30. The normalized spacial score (nSPS) is 15.8. The van der Waals surface area contributed by atoms with Crippen LogP contribution >= 0.6 is 11.6 Å². The molecule has 27 heavy (non-hydrogen) atoms. The van der Waals surface area contributed by atoms with Gasteiger partial charge < -0.3 is 5.32 Å². The molecular weight excluding hydrogens is 358 g/mol. The quantitative estimate of drug-likeness (QED) is 0.661. The predicted octanol–water partition coefficient (Wildman–Crippen LogP) is 5.43. The van der Waals surface area contributed by atoms with E-state index in [1.807, 2.05) is 24.3 Å². The topological polar surface area (TPSA) is 45.2 Å². The summed E-state index contributed by atoms with van der Waals surface area (Å²) in [5, 5.41) is 4.13. The molecule has 0 saturated carbocycles. The Morgan fingerprint density at radius 2 is 1.74 bits per heavy atom. The molecule has 4 nitrogen and oxygen atoms in total. The largest absolute Gasteiger partial charge is 0.361 e. The molecule has 0 spiro atoms. The Morgan fingerprint density at radius 3 is 2.41 bits per heavy atom. The predicted molar refractivity (Wildman–Crippen MR) is 110 cm³/mol. The molecule has 0 bridgehead atoms. The number of hydrogen-bond acceptors (Lipinski definition) is 3. The standard InChI is InChI=1S/C22H20ClN3O/c1-13-10-14(2)20(15(3)11-13)25-21-17-6-4-5-7-18(17)22(27)26(21)19-9-8-16(23)12-24-19/h4-12,21,25H,1-3H3/t21-/m1/s1. The van der Waals surface area contributed by atoms with Gasteiger partial charge in [-0.15, -0.1) is 0 Å². The molecule has 3 aromatic rings. The summed E-state index contributed by atoms with van der Waals surface area (Å²) < 4.78 is 0. The van der Waals surface area contributed by atoms with Crippen molar-refractivity contribution in [3.8, 4) is 0 Å². The highest BCUT2D eigenvalue weighted by Crippen LogP contribution is 2.38. The van der Waals surface area contributed by atoms with Gasteiger partial charge in [0.05, 0.1) is 5.02 Å². The van der Waals surface area contributed by atoms with Crippen LogP contribution < -0.4 is 10.2 Å². The molecule has 0 unspecified atom stereocenters. The van der Waals surface area contributed by atoms with Crippen molar-refractivity contribution in [2.45, 2.75) is 26.9 Å². The van der Waals surface area contributed by atoms with Crippen LogP contribution in [0.3, 0.4) is 0 Å². The van der Waals surface area contributed by atoms with E-state index in [0.29, 0.717) is 16.4 Å². The lowest BCUT2D eigenvalue weighted by molar-refractivity contribution is 0.0992. The van der Waals surface area contributed by atoms with Crippen molar-refractivity contribution >= 4 is 29.0 Å². The fourth-order valence-corrected chi connectivity index (χ4v) is 3.86. The molecule has 0 radical (unpaired) electrons. The van der Waals surface area contributed by atoms with Crippen LogP contribution in [0.4, 0.5) is 11.5 Å². The first kappa shape index (κ1) is 17.6. The summed E-state index contributed by atoms with van der Waals surface area (Å²) in [7, 11) is 0. The van der Waals surface area contributed by atoms with Crippen molar-refractivity contribution < 1.29 is 4.79 Å². The van der Waals surface area contributed by atoms with Gasteiger partial charge in [0.1, 0.15) is 12.0 Å². The first-order valence-corrected chi connectivity index (χ1v) is 9.22. The molecule has 1 aromatic heterocycles. The van der Waals surface area contributed by atoms with Crippen LogP contribution in [-0.2, 0) is 0 Å². The molecule has 1 atom stereocenters. The molecule has 4 rings (SSSR count). The van der Waals surface area contributed by atoms with Crippen LogP contribution in [0.25, 0.3) is 0 Å². The van der Waals surface area contributed by atoms with E-state index in [0.717, 1.165) is 22.4 Å². The first-order valence-electron chi connectivity index (χ1n) is 8.84. The van der Waals surface area contributed by atoms with Crippen LogP contribution in [0.15, 0.2) is 54.7 Å². The Balaban J connectivity index is 1.82. The number of benzene rings is 2. The monoisotopic (exact) mass is 377 g/mol. The number of fused-ring (bicyclic) bond motifs is 1. The Kier molecular flexibility index (Phi) is 4.36. The maximum atomic E-state index is 13.1. The average Bonchev–Trinajstić information content (AvgIpc) is 2.91. The summed E-state index contributed by atoms with van der Waals surface area (Å²) in [6.45, 7) is 6.24. The van der Waals surface area contributed by atoms with Gasteiger partial charge in [-0.3, -0.25) is 9.69 Å². The summed E-state index contributed by atoms with van der Waals surface area (Å²) in [6.07, 6.45) is 1.23. The second-order valence-electron chi connectivity index (χ2n) is 6.92. The maximum absolute atomic E-state index is 13.1. The van der Waals surface area contributed by atoms with E-state index in [1.54, 1.807) is 23.2 Å². The number of halogens is 1. The minimum atomic E-state index is -0.331. The van der Waals surface area contributed by atoms with E-state index in [-0.39, 0.29) is 12.1 Å². The number of pyridine rings is 1. The number of nitrogens with one attached hydrogen (secondary N) is 1. The SMILES string of the molecule is Cc1cc(C)c(N[C@H]2c3ccccc3C(=O)N2c2ccc(Cl)cn2)c(C)c1. The number of nitrogens with zero attached hydrogens (tertiary/aromatic N) is 2. The van der Waals surface area contributed by atoms with Gasteiger partial charge in [-0.05, 0) is 50.1 Å². The van der Waals surface area contributed by atoms with Gasteiger partial charge in [0.2, 0.25) is 0 Å². The molecule has 136 valence electrons. The Bertz CT molecular complexity index is 1010. The van der Waals surface area contributed by atoms with Gasteiger partial charge in [-0.1, -0.05) is 47.5 Å². The van der Waals surface area contributed by atoms with Crippen molar-refractivity contribution in [2.24, 2.45) is 0 Å². The van der Waals surface area contributed by atoms with Gasteiger partial charge in [-0.2, -0.15) is 0 Å². The number of carbonyl (C=O) groups excluding carboxylic acids is 1. The number of amides is 1. The molecule has 0 fully saturated rings. The van der Waals surface area contributed by atoms with Crippen molar-refractivity contribution in [1.29, 1.82) is 0 Å². The number of anilines is 2. The Hall–Kier alpha value is -2.85. The number of carbonyl (C=O) groups is 1. The van der Waals surface area contributed by atoms with Gasteiger partial charge in [0.25, 0.3) is 5.91 Å². The fourth-order valence-electron chi connectivity index (χ4n) is 3.75. The van der Waals surface area contributed by atoms with Crippen molar-refractivity contribution in [2.75, 3.05) is 10.2 Å². The summed E-state index contributed by atoms with van der Waals surface area (Å²) in [4.78, 5) is 19.2. The van der Waals surface area contributed by atoms with Crippen LogP contribution in [-0.4, -0.2) is 10.9 Å². The summed E-state index contributed by atoms with van der Waals surface area (Å²) >= 11 is 5.98. The van der Waals surface area contributed by atoms with E-state index in [2.05, 4.69) is 43.2 Å². The lowest BCUT2D eigenvalue weighted by Crippen LogP contribution is -2.33. The summed E-state index contributed by atoms with van der Waals surface area (Å²) in [5.74, 6) is 0.501. The number of aryl methyl sites for hydroxylation is 3. The third kappa shape index (κ3) is 3.06. The van der Waals surface area contributed by atoms with E-state index in [9.17, 15) is 4.79 Å². The van der Waals surface area contributed by atoms with E-state index >= 15 is 0 Å². The van der Waals surface area contributed by atoms with Crippen LogP contribution in [0.5, 0.6) is 0 Å². The zero-order valence-corrected chi connectivity index (χ0v) is 16.2. The van der Waals surface area contributed by atoms with Gasteiger partial charge in [0.15, 0.2) is 0 Å². The van der Waals surface area contributed by atoms with Crippen molar-refractivity contribution in [1.82, 2.24) is 4.98 Å². The maximum Gasteiger partial charge on any atom is 0.261 e. The lowest BCUT2D eigenvalue weighted by Gasteiger charge is -2.28. The van der Waals surface area contributed by atoms with Crippen molar-refractivity contribution in [3.05, 3.63) is 87.6 Å². The summed E-state index contributed by atoms with van der Waals surface area (Å²) in [5.41, 5.74) is 6.18. The number of hydrogen-bond donors (Lipinski definition) is 1. The minimum absolute atomic E-state index is 0.0691. The van der Waals surface area contributed by atoms with Gasteiger partial charge in [-0.25, -0.2) is 4.98 Å². The van der Waals surface area contributed by atoms with Gasteiger partial charge in [0, 0.05) is 23.0 Å². The van der Waals surface area contributed by atoms with Crippen molar-refractivity contribution in [3.63, 3.8) is 0 Å². The number of aromatic nitrogens is 1. The van der Waals surface area contributed by atoms with Crippen LogP contribution in [0.2, 0.25) is 5.02 Å².